The second-order valence-corrected chi connectivity index (χ2v) is 7.37. The van der Waals surface area contributed by atoms with Gasteiger partial charge in [0.2, 0.25) is 0 Å². The second kappa shape index (κ2) is 6.49. The van der Waals surface area contributed by atoms with Gasteiger partial charge in [-0.3, -0.25) is 18.8 Å². The zero-order chi connectivity index (χ0) is 21.0. The van der Waals surface area contributed by atoms with Crippen molar-refractivity contribution in [2.45, 2.75) is 13.8 Å². The summed E-state index contributed by atoms with van der Waals surface area (Å²) in [6, 6.07) is 15.4. The first-order valence-electron chi connectivity index (χ1n) is 9.54. The monoisotopic (exact) mass is 395 g/mol. The van der Waals surface area contributed by atoms with E-state index in [1.807, 2.05) is 25.3 Å². The summed E-state index contributed by atoms with van der Waals surface area (Å²) in [7, 11) is 0. The average Bonchev–Trinajstić information content (AvgIpc) is 3.07. The third-order valence-corrected chi connectivity index (χ3v) is 5.36. The lowest BCUT2D eigenvalue weighted by Gasteiger charge is -2.20. The van der Waals surface area contributed by atoms with Gasteiger partial charge < -0.3 is 5.32 Å². The Morgan fingerprint density at radius 2 is 1.57 bits per heavy atom. The number of rotatable bonds is 2. The number of carbonyl (C=O) groups is 3. The molecule has 0 fully saturated rings. The van der Waals surface area contributed by atoms with E-state index in [9.17, 15) is 14.4 Å². The molecular formula is C24H17N3O3. The Hall–Kier alpha value is -4.06. The van der Waals surface area contributed by atoms with E-state index >= 15 is 0 Å². The number of anilines is 1. The highest BCUT2D eigenvalue weighted by Crippen LogP contribution is 2.32. The molecular weight excluding hydrogens is 378 g/mol. The predicted octanol–water partition coefficient (Wildman–Crippen LogP) is 3.98. The van der Waals surface area contributed by atoms with Crippen molar-refractivity contribution in [2.75, 3.05) is 5.32 Å². The van der Waals surface area contributed by atoms with Crippen LogP contribution in [0.2, 0.25) is 0 Å². The summed E-state index contributed by atoms with van der Waals surface area (Å²) in [4.78, 5) is 43.7. The van der Waals surface area contributed by atoms with Crippen LogP contribution in [0.4, 0.5) is 5.69 Å². The molecule has 0 saturated heterocycles. The molecule has 2 heterocycles. The van der Waals surface area contributed by atoms with Gasteiger partial charge in [-0.2, -0.15) is 0 Å². The first-order chi connectivity index (χ1) is 14.5. The minimum absolute atomic E-state index is 0.220. The SMILES string of the molecule is Cc1ccc2nc(C)c(C(=O)Nc3cccc4c3C(=O)c3ccccc3C4=O)n2c1. The Kier molecular flexibility index (Phi) is 3.89. The highest BCUT2D eigenvalue weighted by Gasteiger charge is 2.32. The van der Waals surface area contributed by atoms with Gasteiger partial charge in [0.05, 0.1) is 16.9 Å². The minimum Gasteiger partial charge on any atom is -0.320 e. The molecule has 2 aromatic heterocycles. The van der Waals surface area contributed by atoms with Gasteiger partial charge in [0, 0.05) is 22.9 Å². The smallest absolute Gasteiger partial charge is 0.274 e. The Balaban J connectivity index is 1.60. The Morgan fingerprint density at radius 1 is 0.867 bits per heavy atom. The number of nitrogens with one attached hydrogen (secondary N) is 1. The lowest BCUT2D eigenvalue weighted by atomic mass is 9.83. The summed E-state index contributed by atoms with van der Waals surface area (Å²) in [5, 5.41) is 2.83. The van der Waals surface area contributed by atoms with Crippen molar-refractivity contribution in [3.05, 3.63) is 100.0 Å². The topological polar surface area (TPSA) is 80.5 Å². The molecule has 5 rings (SSSR count). The lowest BCUT2D eigenvalue weighted by molar-refractivity contribution is 0.0978. The number of hydrogen-bond donors (Lipinski definition) is 1. The Bertz CT molecular complexity index is 1400. The van der Waals surface area contributed by atoms with E-state index in [0.717, 1.165) is 5.56 Å². The first-order valence-corrected chi connectivity index (χ1v) is 9.54. The Labute approximate surface area is 172 Å². The third-order valence-electron chi connectivity index (χ3n) is 5.36. The fraction of sp³-hybridized carbons (Fsp3) is 0.0833. The van der Waals surface area contributed by atoms with Crippen LogP contribution in [-0.2, 0) is 0 Å². The molecule has 0 bridgehead atoms. The summed E-state index contributed by atoms with van der Waals surface area (Å²) >= 11 is 0. The quantitative estimate of drug-likeness (QED) is 0.490. The molecule has 0 radical (unpaired) electrons. The van der Waals surface area contributed by atoms with Crippen molar-refractivity contribution < 1.29 is 14.4 Å². The highest BCUT2D eigenvalue weighted by molar-refractivity contribution is 6.30. The van der Waals surface area contributed by atoms with Crippen molar-refractivity contribution in [1.82, 2.24) is 9.38 Å². The van der Waals surface area contributed by atoms with Crippen molar-refractivity contribution in [3.8, 4) is 0 Å². The maximum absolute atomic E-state index is 13.2. The molecule has 30 heavy (non-hydrogen) atoms. The van der Waals surface area contributed by atoms with Gasteiger partial charge in [-0.25, -0.2) is 4.98 Å². The van der Waals surface area contributed by atoms with E-state index in [0.29, 0.717) is 39.4 Å². The van der Waals surface area contributed by atoms with Gasteiger partial charge in [-0.1, -0.05) is 42.5 Å². The van der Waals surface area contributed by atoms with Crippen LogP contribution in [0.1, 0.15) is 53.6 Å². The zero-order valence-corrected chi connectivity index (χ0v) is 16.4. The number of ketones is 2. The van der Waals surface area contributed by atoms with Crippen molar-refractivity contribution in [2.24, 2.45) is 0 Å². The Morgan fingerprint density at radius 3 is 2.33 bits per heavy atom. The molecule has 4 aromatic rings. The fourth-order valence-corrected chi connectivity index (χ4v) is 3.97. The van der Waals surface area contributed by atoms with E-state index in [4.69, 9.17) is 0 Å². The second-order valence-electron chi connectivity index (χ2n) is 7.37. The van der Waals surface area contributed by atoms with Crippen LogP contribution in [0.25, 0.3) is 5.65 Å². The average molecular weight is 395 g/mol. The van der Waals surface area contributed by atoms with Crippen molar-refractivity contribution in [1.29, 1.82) is 0 Å². The van der Waals surface area contributed by atoms with E-state index in [-0.39, 0.29) is 17.1 Å². The van der Waals surface area contributed by atoms with Gasteiger partial charge in [0.1, 0.15) is 11.3 Å². The summed E-state index contributed by atoms with van der Waals surface area (Å²) < 4.78 is 1.73. The molecule has 1 amide bonds. The van der Waals surface area contributed by atoms with E-state index < -0.39 is 5.91 Å². The van der Waals surface area contributed by atoms with Gasteiger partial charge >= 0.3 is 0 Å². The van der Waals surface area contributed by atoms with E-state index in [2.05, 4.69) is 10.3 Å². The predicted molar refractivity (Wildman–Crippen MR) is 112 cm³/mol. The number of amides is 1. The van der Waals surface area contributed by atoms with Crippen LogP contribution in [0.15, 0.2) is 60.8 Å². The molecule has 0 saturated carbocycles. The molecule has 6 nitrogen and oxygen atoms in total. The van der Waals surface area contributed by atoms with E-state index in [1.165, 1.54) is 0 Å². The van der Waals surface area contributed by atoms with Crippen molar-refractivity contribution in [3.63, 3.8) is 0 Å². The molecule has 0 aliphatic heterocycles. The molecule has 6 heteroatoms. The normalized spacial score (nSPS) is 12.6. The maximum Gasteiger partial charge on any atom is 0.274 e. The molecule has 1 aliphatic rings. The van der Waals surface area contributed by atoms with Crippen LogP contribution >= 0.6 is 0 Å². The third kappa shape index (κ3) is 2.58. The largest absolute Gasteiger partial charge is 0.320 e. The maximum atomic E-state index is 13.2. The summed E-state index contributed by atoms with van der Waals surface area (Å²) in [5.41, 5.74) is 4.18. The summed E-state index contributed by atoms with van der Waals surface area (Å²) in [6.07, 6.45) is 1.84. The first kappa shape index (κ1) is 18.0. The van der Waals surface area contributed by atoms with Gasteiger partial charge in [0.15, 0.2) is 11.6 Å². The molecule has 146 valence electrons. The fourth-order valence-electron chi connectivity index (χ4n) is 3.97. The molecule has 0 atom stereocenters. The molecule has 1 N–H and O–H groups in total. The van der Waals surface area contributed by atoms with Crippen molar-refractivity contribution >= 4 is 28.8 Å². The molecule has 1 aliphatic carbocycles. The zero-order valence-electron chi connectivity index (χ0n) is 16.4. The number of aryl methyl sites for hydroxylation is 2. The molecule has 0 unspecified atom stereocenters. The summed E-state index contributed by atoms with van der Waals surface area (Å²) in [6.45, 7) is 3.70. The number of hydrogen-bond acceptors (Lipinski definition) is 4. The highest BCUT2D eigenvalue weighted by atomic mass is 16.2. The molecule has 0 spiro atoms. The van der Waals surface area contributed by atoms with Gasteiger partial charge in [-0.15, -0.1) is 0 Å². The van der Waals surface area contributed by atoms with Crippen LogP contribution in [-0.4, -0.2) is 26.9 Å². The number of pyridine rings is 1. The molecule has 2 aromatic carbocycles. The standard InChI is InChI=1S/C24H17N3O3/c1-13-10-11-19-25-14(2)21(27(19)12-13)24(30)26-18-9-5-8-17-20(18)23(29)16-7-4-3-6-15(16)22(17)28/h3-12H,1-2H3,(H,26,30). The van der Waals surface area contributed by atoms with Gasteiger partial charge in [0.25, 0.3) is 5.91 Å². The number of benzene rings is 2. The number of fused-ring (bicyclic) bond motifs is 3. The van der Waals surface area contributed by atoms with Crippen LogP contribution in [0.5, 0.6) is 0 Å². The van der Waals surface area contributed by atoms with Gasteiger partial charge in [-0.05, 0) is 31.5 Å². The van der Waals surface area contributed by atoms with Crippen LogP contribution in [0.3, 0.4) is 0 Å². The number of aromatic nitrogens is 2. The number of carbonyl (C=O) groups excluding carboxylic acids is 3. The lowest BCUT2D eigenvalue weighted by Crippen LogP contribution is -2.24. The van der Waals surface area contributed by atoms with E-state index in [1.54, 1.807) is 53.8 Å². The van der Waals surface area contributed by atoms with Crippen LogP contribution in [0, 0.1) is 13.8 Å². The summed E-state index contributed by atoms with van der Waals surface area (Å²) in [5.74, 6) is -0.891. The number of nitrogens with zero attached hydrogens (tertiary/aromatic N) is 2. The minimum atomic E-state index is -0.391. The number of imidazole rings is 1. The van der Waals surface area contributed by atoms with Crippen LogP contribution < -0.4 is 5.32 Å².